The van der Waals surface area contributed by atoms with E-state index in [9.17, 15) is 4.79 Å². The fourth-order valence-corrected chi connectivity index (χ4v) is 2.01. The molecule has 0 atom stereocenters. The van der Waals surface area contributed by atoms with Crippen molar-refractivity contribution < 1.29 is 14.3 Å². The third kappa shape index (κ3) is 2.73. The van der Waals surface area contributed by atoms with Crippen LogP contribution in [0.25, 0.3) is 6.08 Å². The molecular formula is C15H16O3. The van der Waals surface area contributed by atoms with Gasteiger partial charge in [0.25, 0.3) is 0 Å². The van der Waals surface area contributed by atoms with Crippen LogP contribution in [0.2, 0.25) is 0 Å². The Labute approximate surface area is 106 Å². The summed E-state index contributed by atoms with van der Waals surface area (Å²) in [7, 11) is 0. The zero-order chi connectivity index (χ0) is 12.4. The number of hydrogen-bond donors (Lipinski definition) is 0. The average molecular weight is 244 g/mol. The number of benzene rings is 1. The smallest absolute Gasteiger partial charge is 0.330 e. The molecule has 3 heteroatoms. The number of esters is 1. The van der Waals surface area contributed by atoms with Crippen LogP contribution in [0.1, 0.15) is 24.0 Å². The van der Waals surface area contributed by atoms with Crippen LogP contribution in [-0.4, -0.2) is 19.2 Å². The Hall–Kier alpha value is -1.77. The van der Waals surface area contributed by atoms with Crippen LogP contribution >= 0.6 is 0 Å². The molecule has 0 N–H and O–H groups in total. The number of rotatable bonds is 4. The quantitative estimate of drug-likeness (QED) is 0.603. The van der Waals surface area contributed by atoms with E-state index in [4.69, 9.17) is 9.47 Å². The first-order valence-electron chi connectivity index (χ1n) is 6.42. The molecule has 94 valence electrons. The number of ether oxygens (including phenoxy) is 2. The molecule has 18 heavy (non-hydrogen) atoms. The summed E-state index contributed by atoms with van der Waals surface area (Å²) < 4.78 is 10.6. The Bertz CT molecular complexity index is 487. The van der Waals surface area contributed by atoms with E-state index in [1.165, 1.54) is 24.5 Å². The van der Waals surface area contributed by atoms with Gasteiger partial charge < -0.3 is 9.47 Å². The summed E-state index contributed by atoms with van der Waals surface area (Å²) in [5, 5.41) is 0. The highest BCUT2D eigenvalue weighted by molar-refractivity contribution is 5.87. The first-order chi connectivity index (χ1) is 8.81. The minimum Gasteiger partial charge on any atom is -0.493 e. The van der Waals surface area contributed by atoms with Gasteiger partial charge in [-0.1, -0.05) is 6.07 Å². The van der Waals surface area contributed by atoms with Crippen molar-refractivity contribution in [2.24, 2.45) is 5.92 Å². The highest BCUT2D eigenvalue weighted by Crippen LogP contribution is 2.29. The average Bonchev–Trinajstić information content (AvgIpc) is 3.10. The van der Waals surface area contributed by atoms with Crippen molar-refractivity contribution in [1.82, 2.24) is 0 Å². The summed E-state index contributed by atoms with van der Waals surface area (Å²) in [6.07, 6.45) is 6.64. The second-order valence-corrected chi connectivity index (χ2v) is 4.87. The monoisotopic (exact) mass is 244 g/mol. The second kappa shape index (κ2) is 4.84. The van der Waals surface area contributed by atoms with Gasteiger partial charge in [-0.2, -0.15) is 0 Å². The fourth-order valence-electron chi connectivity index (χ4n) is 2.01. The van der Waals surface area contributed by atoms with Gasteiger partial charge in [0.05, 0.1) is 13.2 Å². The van der Waals surface area contributed by atoms with Crippen molar-refractivity contribution in [3.8, 4) is 5.75 Å². The van der Waals surface area contributed by atoms with Gasteiger partial charge in [-0.05, 0) is 48.1 Å². The topological polar surface area (TPSA) is 35.5 Å². The third-order valence-corrected chi connectivity index (χ3v) is 3.28. The van der Waals surface area contributed by atoms with Crippen molar-refractivity contribution in [1.29, 1.82) is 0 Å². The van der Waals surface area contributed by atoms with Gasteiger partial charge in [0, 0.05) is 12.5 Å². The van der Waals surface area contributed by atoms with Gasteiger partial charge in [-0.3, -0.25) is 0 Å². The molecule has 0 radical (unpaired) electrons. The van der Waals surface area contributed by atoms with Crippen molar-refractivity contribution in [2.45, 2.75) is 19.3 Å². The molecule has 1 aliphatic heterocycles. The zero-order valence-electron chi connectivity index (χ0n) is 10.2. The van der Waals surface area contributed by atoms with Gasteiger partial charge in [0.15, 0.2) is 0 Å². The lowest BCUT2D eigenvalue weighted by molar-refractivity contribution is -0.138. The largest absolute Gasteiger partial charge is 0.493 e. The summed E-state index contributed by atoms with van der Waals surface area (Å²) >= 11 is 0. The Morgan fingerprint density at radius 1 is 1.44 bits per heavy atom. The molecule has 0 unspecified atom stereocenters. The molecule has 1 heterocycles. The lowest BCUT2D eigenvalue weighted by Gasteiger charge is -2.00. The van der Waals surface area contributed by atoms with Crippen LogP contribution < -0.4 is 4.74 Å². The predicted molar refractivity (Wildman–Crippen MR) is 68.4 cm³/mol. The van der Waals surface area contributed by atoms with E-state index in [0.29, 0.717) is 12.5 Å². The van der Waals surface area contributed by atoms with Crippen molar-refractivity contribution in [2.75, 3.05) is 13.2 Å². The molecule has 1 aliphatic carbocycles. The van der Waals surface area contributed by atoms with Crippen LogP contribution in [0, 0.1) is 5.92 Å². The van der Waals surface area contributed by atoms with Gasteiger partial charge in [0.1, 0.15) is 5.75 Å². The first-order valence-corrected chi connectivity index (χ1v) is 6.42. The summed E-state index contributed by atoms with van der Waals surface area (Å²) in [4.78, 5) is 11.4. The minimum atomic E-state index is -0.251. The maximum Gasteiger partial charge on any atom is 0.330 e. The minimum absolute atomic E-state index is 0.251. The van der Waals surface area contributed by atoms with Gasteiger partial charge in [-0.25, -0.2) is 4.79 Å². The van der Waals surface area contributed by atoms with Crippen LogP contribution in [0.15, 0.2) is 24.3 Å². The van der Waals surface area contributed by atoms with E-state index >= 15 is 0 Å². The first kappa shape index (κ1) is 11.3. The summed E-state index contributed by atoms with van der Waals surface area (Å²) in [6, 6.07) is 5.97. The molecule has 1 aromatic rings. The van der Waals surface area contributed by atoms with Gasteiger partial charge in [0.2, 0.25) is 0 Å². The maximum atomic E-state index is 11.4. The van der Waals surface area contributed by atoms with Crippen LogP contribution in [0.3, 0.4) is 0 Å². The molecule has 1 aromatic carbocycles. The van der Waals surface area contributed by atoms with Crippen molar-refractivity contribution in [3.05, 3.63) is 35.4 Å². The zero-order valence-corrected chi connectivity index (χ0v) is 10.2. The molecule has 0 saturated heterocycles. The normalized spacial score (nSPS) is 17.6. The third-order valence-electron chi connectivity index (χ3n) is 3.28. The van der Waals surface area contributed by atoms with E-state index in [1.807, 2.05) is 12.1 Å². The lowest BCUT2D eigenvalue weighted by Crippen LogP contribution is -2.03. The van der Waals surface area contributed by atoms with E-state index in [0.717, 1.165) is 24.3 Å². The highest BCUT2D eigenvalue weighted by atomic mass is 16.5. The van der Waals surface area contributed by atoms with Crippen LogP contribution in [-0.2, 0) is 16.0 Å². The lowest BCUT2D eigenvalue weighted by atomic mass is 10.1. The summed E-state index contributed by atoms with van der Waals surface area (Å²) in [5.41, 5.74) is 2.23. The molecule has 3 nitrogen and oxygen atoms in total. The van der Waals surface area contributed by atoms with Gasteiger partial charge >= 0.3 is 5.97 Å². The summed E-state index contributed by atoms with van der Waals surface area (Å²) in [6.45, 7) is 1.33. The van der Waals surface area contributed by atoms with Crippen molar-refractivity contribution >= 4 is 12.0 Å². The molecule has 0 spiro atoms. The Kier molecular flexibility index (Phi) is 3.05. The predicted octanol–water partition coefficient (Wildman–Crippen LogP) is 2.59. The van der Waals surface area contributed by atoms with Crippen LogP contribution in [0.4, 0.5) is 0 Å². The second-order valence-electron chi connectivity index (χ2n) is 4.87. The van der Waals surface area contributed by atoms with Crippen LogP contribution in [0.5, 0.6) is 5.75 Å². The Morgan fingerprint density at radius 2 is 2.33 bits per heavy atom. The number of hydrogen-bond acceptors (Lipinski definition) is 3. The molecule has 2 aliphatic rings. The number of fused-ring (bicyclic) bond motifs is 1. The maximum absolute atomic E-state index is 11.4. The molecule has 1 saturated carbocycles. The fraction of sp³-hybridized carbons (Fsp3) is 0.400. The van der Waals surface area contributed by atoms with E-state index in [-0.39, 0.29) is 5.97 Å². The number of carbonyl (C=O) groups is 1. The van der Waals surface area contributed by atoms with E-state index < -0.39 is 0 Å². The molecule has 0 bridgehead atoms. The van der Waals surface area contributed by atoms with Gasteiger partial charge in [-0.15, -0.1) is 0 Å². The van der Waals surface area contributed by atoms with E-state index in [1.54, 1.807) is 6.08 Å². The molecule has 0 aromatic heterocycles. The van der Waals surface area contributed by atoms with E-state index in [2.05, 4.69) is 6.07 Å². The SMILES string of the molecule is O=C(/C=C/c1ccc2c(c1)CCO2)OCC1CC1. The Morgan fingerprint density at radius 3 is 3.17 bits per heavy atom. The highest BCUT2D eigenvalue weighted by Gasteiger charge is 2.22. The Balaban J connectivity index is 1.59. The molecular weight excluding hydrogens is 228 g/mol. The van der Waals surface area contributed by atoms with Crippen molar-refractivity contribution in [3.63, 3.8) is 0 Å². The standard InChI is InChI=1S/C15H16O3/c16-15(18-10-12-1-2-12)6-4-11-3-5-14-13(9-11)7-8-17-14/h3-6,9,12H,1-2,7-8,10H2/b6-4+. The molecule has 0 amide bonds. The molecule has 1 fully saturated rings. The molecule has 3 rings (SSSR count). The summed E-state index contributed by atoms with van der Waals surface area (Å²) in [5.74, 6) is 1.32. The number of carbonyl (C=O) groups excluding carboxylic acids is 1.